The normalized spacial score (nSPS) is 11.8. The lowest BCUT2D eigenvalue weighted by Crippen LogP contribution is -2.31. The minimum Gasteiger partial charge on any atom is -0.462 e. The molecule has 0 bridgehead atoms. The van der Waals surface area contributed by atoms with Crippen LogP contribution in [0.4, 0.5) is 5.69 Å². The summed E-state index contributed by atoms with van der Waals surface area (Å²) in [5, 5.41) is 16.0. The van der Waals surface area contributed by atoms with Gasteiger partial charge in [-0.05, 0) is 30.4 Å². The first-order valence-electron chi connectivity index (χ1n) is 8.14. The lowest BCUT2D eigenvalue weighted by Gasteiger charge is -2.21. The molecule has 0 saturated carbocycles. The SMILES string of the molecule is CCOC(=O)c1cc(C(=O)NC(c2cccs2)C(C)C)cc([N+](=O)[O-])c1. The third-order valence-electron chi connectivity index (χ3n) is 3.70. The van der Waals surface area contributed by atoms with E-state index in [9.17, 15) is 19.7 Å². The summed E-state index contributed by atoms with van der Waals surface area (Å²) in [5.74, 6) is -1.06. The van der Waals surface area contributed by atoms with E-state index in [0.29, 0.717) is 0 Å². The van der Waals surface area contributed by atoms with Crippen LogP contribution in [-0.2, 0) is 4.74 Å². The summed E-state index contributed by atoms with van der Waals surface area (Å²) in [6, 6.07) is 7.16. The molecule has 138 valence electrons. The summed E-state index contributed by atoms with van der Waals surface area (Å²) in [6.07, 6.45) is 0. The van der Waals surface area contributed by atoms with Crippen LogP contribution in [0.2, 0.25) is 0 Å². The van der Waals surface area contributed by atoms with E-state index >= 15 is 0 Å². The zero-order valence-corrected chi connectivity index (χ0v) is 15.5. The number of nitrogens with zero attached hydrogens (tertiary/aromatic N) is 1. The van der Waals surface area contributed by atoms with Gasteiger partial charge in [-0.1, -0.05) is 19.9 Å². The Hall–Kier alpha value is -2.74. The summed E-state index contributed by atoms with van der Waals surface area (Å²) in [6.45, 7) is 5.72. The molecule has 0 radical (unpaired) electrons. The zero-order valence-electron chi connectivity index (χ0n) is 14.7. The number of amides is 1. The van der Waals surface area contributed by atoms with Crippen molar-refractivity contribution < 1.29 is 19.2 Å². The number of non-ortho nitro benzene ring substituents is 1. The summed E-state index contributed by atoms with van der Waals surface area (Å²) in [4.78, 5) is 36.1. The first-order chi connectivity index (χ1) is 12.3. The monoisotopic (exact) mass is 376 g/mol. The van der Waals surface area contributed by atoms with Gasteiger partial charge in [-0.25, -0.2) is 4.79 Å². The van der Waals surface area contributed by atoms with E-state index in [0.717, 1.165) is 17.0 Å². The van der Waals surface area contributed by atoms with Gasteiger partial charge in [0.05, 0.1) is 23.1 Å². The first-order valence-corrected chi connectivity index (χ1v) is 9.02. The summed E-state index contributed by atoms with van der Waals surface area (Å²) in [7, 11) is 0. The van der Waals surface area contributed by atoms with Gasteiger partial charge in [0.1, 0.15) is 0 Å². The molecule has 1 heterocycles. The molecule has 0 saturated heterocycles. The van der Waals surface area contributed by atoms with Crippen molar-refractivity contribution in [3.8, 4) is 0 Å². The van der Waals surface area contributed by atoms with Crippen LogP contribution < -0.4 is 5.32 Å². The maximum absolute atomic E-state index is 12.7. The second kappa shape index (κ2) is 8.57. The molecule has 1 amide bonds. The summed E-state index contributed by atoms with van der Waals surface area (Å²) in [5.41, 5.74) is -0.314. The highest BCUT2D eigenvalue weighted by Crippen LogP contribution is 2.27. The Morgan fingerprint density at radius 3 is 2.50 bits per heavy atom. The van der Waals surface area contributed by atoms with Crippen molar-refractivity contribution in [2.75, 3.05) is 6.61 Å². The van der Waals surface area contributed by atoms with Crippen molar-refractivity contribution in [2.45, 2.75) is 26.8 Å². The third-order valence-corrected chi connectivity index (χ3v) is 4.66. The molecule has 1 N–H and O–H groups in total. The molecular weight excluding hydrogens is 356 g/mol. The van der Waals surface area contributed by atoms with Crippen LogP contribution in [0.25, 0.3) is 0 Å². The van der Waals surface area contributed by atoms with Crippen molar-refractivity contribution in [3.05, 3.63) is 61.8 Å². The fourth-order valence-electron chi connectivity index (χ4n) is 2.44. The van der Waals surface area contributed by atoms with Gasteiger partial charge in [0.25, 0.3) is 11.6 Å². The van der Waals surface area contributed by atoms with Gasteiger partial charge in [-0.2, -0.15) is 0 Å². The molecule has 7 nitrogen and oxygen atoms in total. The van der Waals surface area contributed by atoms with Crippen LogP contribution in [0.5, 0.6) is 0 Å². The van der Waals surface area contributed by atoms with Crippen molar-refractivity contribution in [1.29, 1.82) is 0 Å². The van der Waals surface area contributed by atoms with Crippen LogP contribution in [0.1, 0.15) is 52.4 Å². The maximum atomic E-state index is 12.7. The number of benzene rings is 1. The quantitative estimate of drug-likeness (QED) is 0.448. The fourth-order valence-corrected chi connectivity index (χ4v) is 3.39. The van der Waals surface area contributed by atoms with Crippen LogP contribution in [0.15, 0.2) is 35.7 Å². The van der Waals surface area contributed by atoms with E-state index in [1.807, 2.05) is 31.4 Å². The number of ether oxygens (including phenoxy) is 1. The van der Waals surface area contributed by atoms with Crippen molar-refractivity contribution in [2.24, 2.45) is 5.92 Å². The van der Waals surface area contributed by atoms with Crippen LogP contribution in [0, 0.1) is 16.0 Å². The molecule has 0 aliphatic heterocycles. The number of nitrogens with one attached hydrogen (secondary N) is 1. The Kier molecular flexibility index (Phi) is 6.46. The minimum absolute atomic E-state index is 0.0246. The summed E-state index contributed by atoms with van der Waals surface area (Å²) >= 11 is 1.52. The number of carbonyl (C=O) groups excluding carboxylic acids is 2. The Morgan fingerprint density at radius 1 is 1.27 bits per heavy atom. The molecule has 26 heavy (non-hydrogen) atoms. The van der Waals surface area contributed by atoms with Gasteiger partial charge in [0.2, 0.25) is 0 Å². The summed E-state index contributed by atoms with van der Waals surface area (Å²) < 4.78 is 4.88. The predicted octanol–water partition coefficient (Wildman–Crippen LogP) is 3.96. The smallest absolute Gasteiger partial charge is 0.338 e. The fraction of sp³-hybridized carbons (Fsp3) is 0.333. The molecule has 1 aromatic carbocycles. The van der Waals surface area contributed by atoms with E-state index in [-0.39, 0.29) is 35.4 Å². The molecule has 1 atom stereocenters. The van der Waals surface area contributed by atoms with Crippen LogP contribution in [-0.4, -0.2) is 23.4 Å². The van der Waals surface area contributed by atoms with E-state index in [1.54, 1.807) is 6.92 Å². The highest BCUT2D eigenvalue weighted by atomic mass is 32.1. The van der Waals surface area contributed by atoms with Crippen molar-refractivity contribution >= 4 is 28.9 Å². The molecule has 2 aromatic rings. The molecule has 0 aliphatic rings. The second-order valence-electron chi connectivity index (χ2n) is 5.96. The number of rotatable bonds is 7. The van der Waals surface area contributed by atoms with E-state index in [4.69, 9.17) is 4.74 Å². The van der Waals surface area contributed by atoms with Gasteiger partial charge in [0, 0.05) is 22.6 Å². The van der Waals surface area contributed by atoms with Crippen molar-refractivity contribution in [3.63, 3.8) is 0 Å². The molecule has 8 heteroatoms. The number of thiophene rings is 1. The van der Waals surface area contributed by atoms with E-state index in [1.165, 1.54) is 17.4 Å². The molecule has 0 aliphatic carbocycles. The van der Waals surface area contributed by atoms with Crippen molar-refractivity contribution in [1.82, 2.24) is 5.32 Å². The van der Waals surface area contributed by atoms with Gasteiger partial charge in [-0.15, -0.1) is 11.3 Å². The Labute approximate surface area is 155 Å². The number of esters is 1. The molecule has 0 fully saturated rings. The van der Waals surface area contributed by atoms with Gasteiger partial charge < -0.3 is 10.1 Å². The number of carbonyl (C=O) groups is 2. The molecule has 0 spiro atoms. The molecular formula is C18H20N2O5S. The highest BCUT2D eigenvalue weighted by molar-refractivity contribution is 7.10. The van der Waals surface area contributed by atoms with E-state index in [2.05, 4.69) is 5.32 Å². The number of nitro groups is 1. The third kappa shape index (κ3) is 4.66. The largest absolute Gasteiger partial charge is 0.462 e. The number of hydrogen-bond donors (Lipinski definition) is 1. The molecule has 1 aromatic heterocycles. The minimum atomic E-state index is -0.705. The average Bonchev–Trinajstić information content (AvgIpc) is 3.13. The lowest BCUT2D eigenvalue weighted by atomic mass is 10.0. The van der Waals surface area contributed by atoms with Crippen LogP contribution >= 0.6 is 11.3 Å². The molecule has 2 rings (SSSR count). The highest BCUT2D eigenvalue weighted by Gasteiger charge is 2.23. The van der Waals surface area contributed by atoms with Gasteiger partial charge in [-0.3, -0.25) is 14.9 Å². The lowest BCUT2D eigenvalue weighted by molar-refractivity contribution is -0.384. The zero-order chi connectivity index (χ0) is 19.3. The van der Waals surface area contributed by atoms with Crippen LogP contribution in [0.3, 0.4) is 0 Å². The molecule has 1 unspecified atom stereocenters. The van der Waals surface area contributed by atoms with Gasteiger partial charge in [0.15, 0.2) is 0 Å². The number of hydrogen-bond acceptors (Lipinski definition) is 6. The average molecular weight is 376 g/mol. The number of nitro benzene ring substituents is 1. The topological polar surface area (TPSA) is 98.5 Å². The Balaban J connectivity index is 2.34. The first kappa shape index (κ1) is 19.6. The van der Waals surface area contributed by atoms with E-state index < -0.39 is 16.8 Å². The Bertz CT molecular complexity index is 802. The standard InChI is InChI=1S/C18H20N2O5S/c1-4-25-18(22)13-8-12(9-14(10-13)20(23)24)17(21)19-16(11(2)3)15-6-5-7-26-15/h5-11,16H,4H2,1-3H3,(H,19,21). The Morgan fingerprint density at radius 2 is 1.96 bits per heavy atom. The predicted molar refractivity (Wildman–Crippen MR) is 98.4 cm³/mol. The van der Waals surface area contributed by atoms with Gasteiger partial charge >= 0.3 is 5.97 Å². The second-order valence-corrected chi connectivity index (χ2v) is 6.94. The maximum Gasteiger partial charge on any atom is 0.338 e.